The Morgan fingerprint density at radius 3 is 2.50 bits per heavy atom. The Kier molecular flexibility index (Phi) is 4.78. The molecule has 0 spiro atoms. The number of rotatable bonds is 5. The molecule has 0 saturated heterocycles. The van der Waals surface area contributed by atoms with Gasteiger partial charge < -0.3 is 10.6 Å². The number of carbonyl (C=O) groups excluding carboxylic acids is 1. The number of carbonyl (C=O) groups is 1. The number of amides is 2. The lowest BCUT2D eigenvalue weighted by atomic mass is 10.2. The summed E-state index contributed by atoms with van der Waals surface area (Å²) in [4.78, 5) is 14.1. The number of hydrogen-bond donors (Lipinski definition) is 2. The van der Waals surface area contributed by atoms with E-state index in [0.29, 0.717) is 6.54 Å². The van der Waals surface area contributed by atoms with Crippen molar-refractivity contribution in [3.63, 3.8) is 0 Å². The molecule has 0 aromatic carbocycles. The molecular weight excluding hydrogens is 264 g/mol. The molecule has 2 aromatic rings. The van der Waals surface area contributed by atoms with Crippen molar-refractivity contribution in [3.8, 4) is 0 Å². The Bertz CT molecular complexity index is 465. The van der Waals surface area contributed by atoms with Gasteiger partial charge in [0.05, 0.1) is 6.54 Å². The highest BCUT2D eigenvalue weighted by Gasteiger charge is 2.08. The van der Waals surface area contributed by atoms with Gasteiger partial charge in [-0.05, 0) is 29.8 Å². The summed E-state index contributed by atoms with van der Waals surface area (Å²) in [5, 5.41) is 9.86. The van der Waals surface area contributed by atoms with Crippen LogP contribution in [-0.4, -0.2) is 12.1 Å². The largest absolute Gasteiger partial charge is 0.335 e. The number of thiophene rings is 2. The van der Waals surface area contributed by atoms with Gasteiger partial charge in [0, 0.05) is 22.2 Å². The van der Waals surface area contributed by atoms with E-state index < -0.39 is 0 Å². The summed E-state index contributed by atoms with van der Waals surface area (Å²) >= 11 is 3.37. The van der Waals surface area contributed by atoms with Crippen molar-refractivity contribution < 1.29 is 4.79 Å². The molecule has 2 rings (SSSR count). The zero-order valence-electron chi connectivity index (χ0n) is 10.2. The Balaban J connectivity index is 1.70. The van der Waals surface area contributed by atoms with Crippen molar-refractivity contribution in [2.45, 2.75) is 25.9 Å². The van der Waals surface area contributed by atoms with Gasteiger partial charge >= 0.3 is 6.03 Å². The van der Waals surface area contributed by atoms with Crippen LogP contribution in [0.25, 0.3) is 0 Å². The summed E-state index contributed by atoms with van der Waals surface area (Å²) in [6.45, 7) is 2.61. The minimum absolute atomic E-state index is 0.104. The third-order valence-electron chi connectivity index (χ3n) is 2.47. The van der Waals surface area contributed by atoms with Gasteiger partial charge in [0.2, 0.25) is 0 Å². The molecule has 0 saturated carbocycles. The molecule has 96 valence electrons. The van der Waals surface area contributed by atoms with Gasteiger partial charge in [-0.2, -0.15) is 0 Å². The maximum atomic E-state index is 11.7. The normalized spacial score (nSPS) is 12.1. The fraction of sp³-hybridized carbons (Fsp3) is 0.308. The molecule has 3 nitrogen and oxygen atoms in total. The summed E-state index contributed by atoms with van der Waals surface area (Å²) in [6.07, 6.45) is 0.879. The first-order valence-corrected chi connectivity index (χ1v) is 7.59. The van der Waals surface area contributed by atoms with Crippen molar-refractivity contribution >= 4 is 28.7 Å². The maximum Gasteiger partial charge on any atom is 0.315 e. The molecule has 0 aliphatic carbocycles. The van der Waals surface area contributed by atoms with Crippen LogP contribution in [0.4, 0.5) is 4.79 Å². The molecule has 0 radical (unpaired) electrons. The zero-order chi connectivity index (χ0) is 12.8. The van der Waals surface area contributed by atoms with Gasteiger partial charge in [-0.15, -0.1) is 22.7 Å². The van der Waals surface area contributed by atoms with E-state index in [0.717, 1.165) is 11.3 Å². The molecule has 0 aliphatic rings. The van der Waals surface area contributed by atoms with E-state index in [9.17, 15) is 4.79 Å². The van der Waals surface area contributed by atoms with Crippen LogP contribution in [0.5, 0.6) is 0 Å². The first kappa shape index (κ1) is 13.1. The zero-order valence-corrected chi connectivity index (χ0v) is 11.8. The lowest BCUT2D eigenvalue weighted by Crippen LogP contribution is -2.41. The number of nitrogens with one attached hydrogen (secondary N) is 2. The highest BCUT2D eigenvalue weighted by atomic mass is 32.1. The third-order valence-corrected chi connectivity index (χ3v) is 4.24. The standard InChI is InChI=1S/C13H16N2OS2/c1-10(8-11-4-2-6-17-11)15-13(16)14-9-12-5-3-7-18-12/h2-7,10H,8-9H2,1H3,(H2,14,15,16). The molecule has 5 heteroatoms. The van der Waals surface area contributed by atoms with Crippen LogP contribution >= 0.6 is 22.7 Å². The van der Waals surface area contributed by atoms with Crippen LogP contribution in [0.1, 0.15) is 16.7 Å². The minimum Gasteiger partial charge on any atom is -0.335 e. The second-order valence-electron chi connectivity index (χ2n) is 4.09. The lowest BCUT2D eigenvalue weighted by molar-refractivity contribution is 0.237. The number of urea groups is 1. The van der Waals surface area contributed by atoms with Crippen LogP contribution in [-0.2, 0) is 13.0 Å². The van der Waals surface area contributed by atoms with Crippen LogP contribution in [0.15, 0.2) is 35.0 Å². The molecule has 0 bridgehead atoms. The van der Waals surface area contributed by atoms with Gasteiger partial charge in [0.25, 0.3) is 0 Å². The van der Waals surface area contributed by atoms with Crippen molar-refractivity contribution in [2.75, 3.05) is 0 Å². The SMILES string of the molecule is CC(Cc1cccs1)NC(=O)NCc1cccs1. The molecule has 2 amide bonds. The monoisotopic (exact) mass is 280 g/mol. The molecule has 18 heavy (non-hydrogen) atoms. The van der Waals surface area contributed by atoms with E-state index in [1.54, 1.807) is 22.7 Å². The van der Waals surface area contributed by atoms with E-state index in [2.05, 4.69) is 22.1 Å². The van der Waals surface area contributed by atoms with Crippen molar-refractivity contribution in [1.29, 1.82) is 0 Å². The average Bonchev–Trinajstić information content (AvgIpc) is 2.98. The summed E-state index contributed by atoms with van der Waals surface area (Å²) in [5.41, 5.74) is 0. The number of hydrogen-bond acceptors (Lipinski definition) is 3. The summed E-state index contributed by atoms with van der Waals surface area (Å²) in [7, 11) is 0. The van der Waals surface area contributed by atoms with E-state index in [1.807, 2.05) is 30.5 Å². The molecule has 0 aliphatic heterocycles. The maximum absolute atomic E-state index is 11.7. The topological polar surface area (TPSA) is 41.1 Å². The van der Waals surface area contributed by atoms with Crippen LogP contribution < -0.4 is 10.6 Å². The van der Waals surface area contributed by atoms with E-state index in [1.165, 1.54) is 4.88 Å². The molecule has 1 atom stereocenters. The first-order valence-electron chi connectivity index (χ1n) is 5.83. The van der Waals surface area contributed by atoms with Crippen molar-refractivity contribution in [3.05, 3.63) is 44.8 Å². The van der Waals surface area contributed by atoms with Gasteiger partial charge in [-0.25, -0.2) is 4.79 Å². The molecule has 1 unspecified atom stereocenters. The molecule has 2 aromatic heterocycles. The first-order chi connectivity index (χ1) is 8.74. The Hall–Kier alpha value is -1.33. The summed E-state index contributed by atoms with van der Waals surface area (Å²) in [5.74, 6) is 0. The Morgan fingerprint density at radius 1 is 1.22 bits per heavy atom. The van der Waals surface area contributed by atoms with Gasteiger partial charge in [0.1, 0.15) is 0 Å². The van der Waals surface area contributed by atoms with Crippen molar-refractivity contribution in [2.24, 2.45) is 0 Å². The average molecular weight is 280 g/mol. The molecule has 2 N–H and O–H groups in total. The molecular formula is C13H16N2OS2. The predicted octanol–water partition coefficient (Wildman–Crippen LogP) is 3.24. The molecule has 0 fully saturated rings. The smallest absolute Gasteiger partial charge is 0.315 e. The quantitative estimate of drug-likeness (QED) is 0.867. The Morgan fingerprint density at radius 2 is 1.89 bits per heavy atom. The van der Waals surface area contributed by atoms with Gasteiger partial charge in [-0.1, -0.05) is 12.1 Å². The fourth-order valence-corrected chi connectivity index (χ4v) is 3.12. The van der Waals surface area contributed by atoms with Crippen LogP contribution in [0.3, 0.4) is 0 Å². The highest BCUT2D eigenvalue weighted by Crippen LogP contribution is 2.11. The third kappa shape index (κ3) is 4.16. The minimum atomic E-state index is -0.104. The van der Waals surface area contributed by atoms with Crippen LogP contribution in [0.2, 0.25) is 0 Å². The Labute approximate surface area is 115 Å². The fourth-order valence-electron chi connectivity index (χ4n) is 1.64. The van der Waals surface area contributed by atoms with Crippen LogP contribution in [0, 0.1) is 0 Å². The highest BCUT2D eigenvalue weighted by molar-refractivity contribution is 7.10. The predicted molar refractivity (Wildman–Crippen MR) is 77.2 cm³/mol. The van der Waals surface area contributed by atoms with Crippen molar-refractivity contribution in [1.82, 2.24) is 10.6 Å². The molecule has 2 heterocycles. The lowest BCUT2D eigenvalue weighted by Gasteiger charge is -2.13. The summed E-state index contributed by atoms with van der Waals surface area (Å²) in [6, 6.07) is 8.16. The van der Waals surface area contributed by atoms with Gasteiger partial charge in [0.15, 0.2) is 0 Å². The summed E-state index contributed by atoms with van der Waals surface area (Å²) < 4.78 is 0. The second-order valence-corrected chi connectivity index (χ2v) is 6.16. The van der Waals surface area contributed by atoms with Gasteiger partial charge in [-0.3, -0.25) is 0 Å². The van der Waals surface area contributed by atoms with E-state index >= 15 is 0 Å². The van der Waals surface area contributed by atoms with E-state index in [4.69, 9.17) is 0 Å². The van der Waals surface area contributed by atoms with E-state index in [-0.39, 0.29) is 12.1 Å². The second kappa shape index (κ2) is 6.56.